The highest BCUT2D eigenvalue weighted by Crippen LogP contribution is 2.35. The van der Waals surface area contributed by atoms with Crippen molar-refractivity contribution in [3.8, 4) is 0 Å². The number of rotatable bonds is 5. The molecule has 1 N–H and O–H groups in total. The summed E-state index contributed by atoms with van der Waals surface area (Å²) < 4.78 is 0. The van der Waals surface area contributed by atoms with Gasteiger partial charge in [-0.05, 0) is 38.2 Å². The second-order valence-electron chi connectivity index (χ2n) is 5.03. The molecule has 2 amide bonds. The first kappa shape index (κ1) is 12.9. The van der Waals surface area contributed by atoms with Gasteiger partial charge in [0.15, 0.2) is 0 Å². The largest absolute Gasteiger partial charge is 0.338 e. The Balaban J connectivity index is 2.06. The van der Waals surface area contributed by atoms with Gasteiger partial charge < -0.3 is 10.2 Å². The Morgan fingerprint density at radius 3 is 2.61 bits per heavy atom. The van der Waals surface area contributed by atoms with Crippen LogP contribution in [0.2, 0.25) is 0 Å². The van der Waals surface area contributed by atoms with E-state index in [1.54, 1.807) is 0 Å². The number of amides is 2. The summed E-state index contributed by atoms with van der Waals surface area (Å²) >= 11 is 0. The molecule has 0 saturated heterocycles. The van der Waals surface area contributed by atoms with E-state index in [-0.39, 0.29) is 6.03 Å². The van der Waals surface area contributed by atoms with Crippen molar-refractivity contribution in [3.05, 3.63) is 35.9 Å². The Bertz CT molecular complexity index is 387. The van der Waals surface area contributed by atoms with Crippen molar-refractivity contribution in [2.24, 2.45) is 5.92 Å². The molecule has 0 spiro atoms. The first-order chi connectivity index (χ1) is 8.72. The van der Waals surface area contributed by atoms with Crippen molar-refractivity contribution in [2.45, 2.75) is 39.3 Å². The third kappa shape index (κ3) is 3.25. The topological polar surface area (TPSA) is 32.3 Å². The minimum Gasteiger partial charge on any atom is -0.338 e. The van der Waals surface area contributed by atoms with Crippen LogP contribution >= 0.6 is 0 Å². The van der Waals surface area contributed by atoms with Gasteiger partial charge in [0.2, 0.25) is 0 Å². The van der Waals surface area contributed by atoms with E-state index in [9.17, 15) is 4.79 Å². The van der Waals surface area contributed by atoms with Gasteiger partial charge in [0.05, 0.1) is 0 Å². The van der Waals surface area contributed by atoms with Crippen LogP contribution < -0.4 is 5.32 Å². The maximum absolute atomic E-state index is 12.1. The van der Waals surface area contributed by atoms with Crippen LogP contribution in [0.1, 0.15) is 32.3 Å². The molecular weight excluding hydrogens is 224 g/mol. The molecule has 1 aliphatic carbocycles. The Hall–Kier alpha value is -1.51. The summed E-state index contributed by atoms with van der Waals surface area (Å²) in [6.07, 6.45) is 2.51. The highest BCUT2D eigenvalue weighted by molar-refractivity contribution is 5.74. The maximum Gasteiger partial charge on any atom is 0.317 e. The van der Waals surface area contributed by atoms with Crippen molar-refractivity contribution in [1.29, 1.82) is 0 Å². The van der Waals surface area contributed by atoms with Crippen molar-refractivity contribution in [1.82, 2.24) is 10.2 Å². The van der Waals surface area contributed by atoms with E-state index in [0.29, 0.717) is 25.0 Å². The zero-order valence-electron chi connectivity index (χ0n) is 11.2. The van der Waals surface area contributed by atoms with Crippen LogP contribution in [-0.4, -0.2) is 23.5 Å². The molecule has 18 heavy (non-hydrogen) atoms. The summed E-state index contributed by atoms with van der Waals surface area (Å²) in [5, 5.41) is 2.92. The third-order valence-electron chi connectivity index (χ3n) is 3.58. The third-order valence-corrected chi connectivity index (χ3v) is 3.58. The van der Waals surface area contributed by atoms with Gasteiger partial charge in [-0.15, -0.1) is 0 Å². The van der Waals surface area contributed by atoms with Crippen molar-refractivity contribution >= 4 is 6.03 Å². The van der Waals surface area contributed by atoms with Crippen LogP contribution in [0.15, 0.2) is 30.3 Å². The zero-order valence-corrected chi connectivity index (χ0v) is 11.2. The molecule has 3 nitrogen and oxygen atoms in total. The first-order valence-electron chi connectivity index (χ1n) is 6.80. The van der Waals surface area contributed by atoms with Crippen molar-refractivity contribution in [3.63, 3.8) is 0 Å². The number of carbonyl (C=O) groups is 1. The van der Waals surface area contributed by atoms with Crippen LogP contribution in [-0.2, 0) is 6.54 Å². The summed E-state index contributed by atoms with van der Waals surface area (Å²) in [7, 11) is 0. The van der Waals surface area contributed by atoms with Gasteiger partial charge in [0.25, 0.3) is 0 Å². The quantitative estimate of drug-likeness (QED) is 0.851. The molecule has 0 heterocycles. The van der Waals surface area contributed by atoms with Crippen LogP contribution in [0.3, 0.4) is 0 Å². The molecule has 1 aromatic carbocycles. The lowest BCUT2D eigenvalue weighted by Gasteiger charge is -2.29. The molecule has 1 aromatic rings. The predicted molar refractivity (Wildman–Crippen MR) is 73.2 cm³/mol. The van der Waals surface area contributed by atoms with Gasteiger partial charge >= 0.3 is 6.03 Å². The fourth-order valence-electron chi connectivity index (χ4n) is 2.27. The van der Waals surface area contributed by atoms with Crippen LogP contribution in [0.5, 0.6) is 0 Å². The van der Waals surface area contributed by atoms with Gasteiger partial charge in [-0.1, -0.05) is 30.3 Å². The lowest BCUT2D eigenvalue weighted by molar-refractivity contribution is 0.168. The number of urea groups is 1. The molecule has 98 valence electrons. The van der Waals surface area contributed by atoms with E-state index in [4.69, 9.17) is 0 Å². The van der Waals surface area contributed by atoms with E-state index >= 15 is 0 Å². The average molecular weight is 246 g/mol. The SMILES string of the molecule is CCNC(=O)N(Cc1ccccc1)C(C)C1CC1. The number of nitrogens with zero attached hydrogens (tertiary/aromatic N) is 1. The molecule has 2 rings (SSSR count). The van der Waals surface area contributed by atoms with Crippen molar-refractivity contribution in [2.75, 3.05) is 6.54 Å². The van der Waals surface area contributed by atoms with Crippen molar-refractivity contribution < 1.29 is 4.79 Å². The van der Waals surface area contributed by atoms with E-state index in [2.05, 4.69) is 24.4 Å². The number of hydrogen-bond acceptors (Lipinski definition) is 1. The average Bonchev–Trinajstić information content (AvgIpc) is 3.21. The molecule has 1 saturated carbocycles. The summed E-state index contributed by atoms with van der Waals surface area (Å²) in [6.45, 7) is 5.50. The molecule has 0 aliphatic heterocycles. The first-order valence-corrected chi connectivity index (χ1v) is 6.80. The molecule has 0 radical (unpaired) electrons. The second kappa shape index (κ2) is 5.89. The molecule has 0 bridgehead atoms. The Kier molecular flexibility index (Phi) is 4.24. The zero-order chi connectivity index (χ0) is 13.0. The number of nitrogens with one attached hydrogen (secondary N) is 1. The molecule has 1 aliphatic rings. The van der Waals surface area contributed by atoms with Crippen LogP contribution in [0.25, 0.3) is 0 Å². The van der Waals surface area contributed by atoms with Gasteiger partial charge in [0.1, 0.15) is 0 Å². The Labute approximate surface area is 109 Å². The van der Waals surface area contributed by atoms with E-state index in [0.717, 1.165) is 0 Å². The molecular formula is C15H22N2O. The molecule has 3 heteroatoms. The maximum atomic E-state index is 12.1. The summed E-state index contributed by atoms with van der Waals surface area (Å²) in [6, 6.07) is 10.6. The summed E-state index contributed by atoms with van der Waals surface area (Å²) in [5.74, 6) is 0.691. The van der Waals surface area contributed by atoms with Gasteiger partial charge in [0, 0.05) is 19.1 Å². The smallest absolute Gasteiger partial charge is 0.317 e. The van der Waals surface area contributed by atoms with Gasteiger partial charge in [-0.3, -0.25) is 0 Å². The Morgan fingerprint density at radius 1 is 1.39 bits per heavy atom. The fourth-order valence-corrected chi connectivity index (χ4v) is 2.27. The van der Waals surface area contributed by atoms with Gasteiger partial charge in [-0.2, -0.15) is 0 Å². The van der Waals surface area contributed by atoms with E-state index in [1.165, 1.54) is 18.4 Å². The fraction of sp³-hybridized carbons (Fsp3) is 0.533. The lowest BCUT2D eigenvalue weighted by atomic mass is 10.1. The highest BCUT2D eigenvalue weighted by Gasteiger charge is 2.34. The van der Waals surface area contributed by atoms with E-state index in [1.807, 2.05) is 30.0 Å². The van der Waals surface area contributed by atoms with Crippen LogP contribution in [0, 0.1) is 5.92 Å². The number of carbonyl (C=O) groups excluding carboxylic acids is 1. The minimum absolute atomic E-state index is 0.0563. The Morgan fingerprint density at radius 2 is 2.06 bits per heavy atom. The molecule has 0 aromatic heterocycles. The highest BCUT2D eigenvalue weighted by atomic mass is 16.2. The predicted octanol–water partition coefficient (Wildman–Crippen LogP) is 3.02. The number of benzene rings is 1. The lowest BCUT2D eigenvalue weighted by Crippen LogP contribution is -2.45. The minimum atomic E-state index is 0.0563. The monoisotopic (exact) mass is 246 g/mol. The van der Waals surface area contributed by atoms with Gasteiger partial charge in [-0.25, -0.2) is 4.79 Å². The second-order valence-corrected chi connectivity index (χ2v) is 5.03. The normalized spacial score (nSPS) is 16.1. The van der Waals surface area contributed by atoms with Crippen LogP contribution in [0.4, 0.5) is 4.79 Å². The van der Waals surface area contributed by atoms with E-state index < -0.39 is 0 Å². The molecule has 1 unspecified atom stereocenters. The summed E-state index contributed by atoms with van der Waals surface area (Å²) in [4.78, 5) is 14.1. The molecule has 1 atom stereocenters. The standard InChI is InChI=1S/C15H22N2O/c1-3-16-15(18)17(12(2)14-9-10-14)11-13-7-5-4-6-8-13/h4-8,12,14H,3,9-11H2,1-2H3,(H,16,18). The summed E-state index contributed by atoms with van der Waals surface area (Å²) in [5.41, 5.74) is 1.19. The number of hydrogen-bond donors (Lipinski definition) is 1. The molecule has 1 fully saturated rings.